The van der Waals surface area contributed by atoms with Crippen LogP contribution < -0.4 is 10.1 Å². The second kappa shape index (κ2) is 8.13. The van der Waals surface area contributed by atoms with Gasteiger partial charge in [0.1, 0.15) is 0 Å². The summed E-state index contributed by atoms with van der Waals surface area (Å²) in [5.41, 5.74) is 0.0424. The summed E-state index contributed by atoms with van der Waals surface area (Å²) >= 11 is 0. The Bertz CT molecular complexity index is 605. The molecule has 0 unspecified atom stereocenters. The molecule has 132 valence electrons. The molecule has 1 saturated carbocycles. The predicted octanol–water partition coefficient (Wildman–Crippen LogP) is 2.93. The maximum atomic E-state index is 13.6. The zero-order valence-corrected chi connectivity index (χ0v) is 14.3. The number of halogens is 1. The molecule has 2 rings (SSSR count). The van der Waals surface area contributed by atoms with Crippen LogP contribution in [0.15, 0.2) is 18.2 Å². The van der Waals surface area contributed by atoms with Gasteiger partial charge in [-0.15, -0.1) is 0 Å². The van der Waals surface area contributed by atoms with Crippen molar-refractivity contribution in [3.05, 3.63) is 29.6 Å². The van der Waals surface area contributed by atoms with Gasteiger partial charge in [0.15, 0.2) is 18.2 Å². The van der Waals surface area contributed by atoms with Gasteiger partial charge in [-0.2, -0.15) is 0 Å². The molecule has 1 aromatic carbocycles. The van der Waals surface area contributed by atoms with E-state index < -0.39 is 11.8 Å². The maximum absolute atomic E-state index is 13.6. The summed E-state index contributed by atoms with van der Waals surface area (Å²) in [6, 6.07) is 3.88. The quantitative estimate of drug-likeness (QED) is 0.839. The molecule has 0 spiro atoms. The van der Waals surface area contributed by atoms with Gasteiger partial charge >= 0.3 is 5.97 Å². The molecule has 0 bridgehead atoms. The zero-order chi connectivity index (χ0) is 17.7. The molecule has 1 aliphatic rings. The Kier molecular flexibility index (Phi) is 6.17. The highest BCUT2D eigenvalue weighted by Gasteiger charge is 2.28. The number of esters is 1. The molecule has 1 aliphatic carbocycles. The lowest BCUT2D eigenvalue weighted by Crippen LogP contribution is -2.45. The third-order valence-electron chi connectivity index (χ3n) is 4.78. The predicted molar refractivity (Wildman–Crippen MR) is 87.3 cm³/mol. The van der Waals surface area contributed by atoms with Crippen LogP contribution >= 0.6 is 0 Å². The summed E-state index contributed by atoms with van der Waals surface area (Å²) in [4.78, 5) is 23.9. The second-order valence-electron chi connectivity index (χ2n) is 6.37. The van der Waals surface area contributed by atoms with Gasteiger partial charge in [0, 0.05) is 6.04 Å². The monoisotopic (exact) mass is 337 g/mol. The number of nitrogens with one attached hydrogen (secondary N) is 1. The fraction of sp³-hybridized carbons (Fsp3) is 0.556. The number of methoxy groups -OCH3 is 1. The molecule has 0 saturated heterocycles. The van der Waals surface area contributed by atoms with Gasteiger partial charge in [0.2, 0.25) is 0 Å². The number of ether oxygens (including phenoxy) is 2. The van der Waals surface area contributed by atoms with Crippen LogP contribution in [-0.4, -0.2) is 31.6 Å². The van der Waals surface area contributed by atoms with Crippen molar-refractivity contribution < 1.29 is 23.5 Å². The lowest BCUT2D eigenvalue weighted by molar-refractivity contribution is -0.125. The van der Waals surface area contributed by atoms with Crippen LogP contribution in [0.25, 0.3) is 0 Å². The Morgan fingerprint density at radius 3 is 2.71 bits per heavy atom. The van der Waals surface area contributed by atoms with Gasteiger partial charge in [-0.1, -0.05) is 26.7 Å². The second-order valence-corrected chi connectivity index (χ2v) is 6.37. The number of amides is 1. The fourth-order valence-electron chi connectivity index (χ4n) is 3.04. The minimum absolute atomic E-state index is 0.0424. The van der Waals surface area contributed by atoms with E-state index in [-0.39, 0.29) is 29.9 Å². The van der Waals surface area contributed by atoms with Crippen LogP contribution in [0, 0.1) is 17.7 Å². The zero-order valence-electron chi connectivity index (χ0n) is 14.3. The van der Waals surface area contributed by atoms with E-state index in [4.69, 9.17) is 9.47 Å². The van der Waals surface area contributed by atoms with Crippen molar-refractivity contribution in [1.29, 1.82) is 0 Å². The molecular formula is C18H24FNO4. The van der Waals surface area contributed by atoms with Crippen LogP contribution in [0.3, 0.4) is 0 Å². The molecule has 1 N–H and O–H groups in total. The van der Waals surface area contributed by atoms with E-state index in [1.165, 1.54) is 25.7 Å². The first kappa shape index (κ1) is 18.2. The minimum atomic E-state index is -0.739. The highest BCUT2D eigenvalue weighted by atomic mass is 19.1. The summed E-state index contributed by atoms with van der Waals surface area (Å²) in [6.45, 7) is 3.94. The first-order chi connectivity index (χ1) is 11.4. The summed E-state index contributed by atoms with van der Waals surface area (Å²) in [6.07, 6.45) is 3.20. The van der Waals surface area contributed by atoms with E-state index in [1.807, 2.05) is 0 Å². The van der Waals surface area contributed by atoms with Crippen molar-refractivity contribution in [3.63, 3.8) is 0 Å². The van der Waals surface area contributed by atoms with Crippen molar-refractivity contribution in [3.8, 4) is 5.75 Å². The summed E-state index contributed by atoms with van der Waals surface area (Å²) < 4.78 is 23.3. The third-order valence-corrected chi connectivity index (χ3v) is 4.78. The van der Waals surface area contributed by atoms with Crippen LogP contribution in [-0.2, 0) is 9.53 Å². The number of hydrogen-bond acceptors (Lipinski definition) is 4. The standard InChI is InChI=1S/C18H24FNO4/c1-11-5-4-6-15(12(11)2)20-17(21)10-24-18(22)13-7-8-16(23-3)14(19)9-13/h7-9,11-12,15H,4-6,10H2,1-3H3,(H,20,21)/t11-,12-,15+/m1/s1. The molecule has 0 heterocycles. The Balaban J connectivity index is 1.85. The molecule has 6 heteroatoms. The Morgan fingerprint density at radius 2 is 2.04 bits per heavy atom. The van der Waals surface area contributed by atoms with Gasteiger partial charge in [-0.25, -0.2) is 9.18 Å². The van der Waals surface area contributed by atoms with Gasteiger partial charge in [0.25, 0.3) is 5.91 Å². The highest BCUT2D eigenvalue weighted by molar-refractivity contribution is 5.91. The van der Waals surface area contributed by atoms with Gasteiger partial charge in [-0.3, -0.25) is 4.79 Å². The van der Waals surface area contributed by atoms with E-state index in [9.17, 15) is 14.0 Å². The number of rotatable bonds is 5. The molecule has 3 atom stereocenters. The van der Waals surface area contributed by atoms with E-state index in [0.29, 0.717) is 11.8 Å². The van der Waals surface area contributed by atoms with Crippen molar-refractivity contribution in [2.24, 2.45) is 11.8 Å². The third kappa shape index (κ3) is 4.46. The van der Waals surface area contributed by atoms with Crippen LogP contribution in [0.2, 0.25) is 0 Å². The number of carbonyl (C=O) groups is 2. The average Bonchev–Trinajstić information content (AvgIpc) is 2.56. The van der Waals surface area contributed by atoms with E-state index in [0.717, 1.165) is 18.9 Å². The van der Waals surface area contributed by atoms with Crippen molar-refractivity contribution in [1.82, 2.24) is 5.32 Å². The van der Waals surface area contributed by atoms with Crippen molar-refractivity contribution in [2.45, 2.75) is 39.2 Å². The molecular weight excluding hydrogens is 313 g/mol. The topological polar surface area (TPSA) is 64.6 Å². The molecule has 1 aromatic rings. The molecule has 1 amide bonds. The lowest BCUT2D eigenvalue weighted by atomic mass is 9.78. The van der Waals surface area contributed by atoms with E-state index in [1.54, 1.807) is 0 Å². The van der Waals surface area contributed by atoms with Crippen LogP contribution in [0.5, 0.6) is 5.75 Å². The lowest BCUT2D eigenvalue weighted by Gasteiger charge is -2.34. The highest BCUT2D eigenvalue weighted by Crippen LogP contribution is 2.29. The van der Waals surface area contributed by atoms with E-state index in [2.05, 4.69) is 19.2 Å². The minimum Gasteiger partial charge on any atom is -0.494 e. The van der Waals surface area contributed by atoms with Crippen LogP contribution in [0.1, 0.15) is 43.5 Å². The maximum Gasteiger partial charge on any atom is 0.338 e. The van der Waals surface area contributed by atoms with Gasteiger partial charge in [-0.05, 0) is 36.5 Å². The summed E-state index contributed by atoms with van der Waals surface area (Å²) in [5.74, 6) is -0.714. The van der Waals surface area contributed by atoms with Crippen molar-refractivity contribution in [2.75, 3.05) is 13.7 Å². The first-order valence-corrected chi connectivity index (χ1v) is 8.22. The Labute approximate surface area is 141 Å². The van der Waals surface area contributed by atoms with Crippen LogP contribution in [0.4, 0.5) is 4.39 Å². The molecule has 0 aliphatic heterocycles. The Hall–Kier alpha value is -2.11. The normalized spacial score (nSPS) is 23.4. The largest absolute Gasteiger partial charge is 0.494 e. The van der Waals surface area contributed by atoms with Crippen molar-refractivity contribution >= 4 is 11.9 Å². The van der Waals surface area contributed by atoms with Gasteiger partial charge < -0.3 is 14.8 Å². The molecule has 24 heavy (non-hydrogen) atoms. The Morgan fingerprint density at radius 1 is 1.29 bits per heavy atom. The fourth-order valence-corrected chi connectivity index (χ4v) is 3.04. The molecule has 0 aromatic heterocycles. The number of hydrogen-bond donors (Lipinski definition) is 1. The number of carbonyl (C=O) groups excluding carboxylic acids is 2. The van der Waals surface area contributed by atoms with E-state index >= 15 is 0 Å². The number of benzene rings is 1. The molecule has 0 radical (unpaired) electrons. The SMILES string of the molecule is COc1ccc(C(=O)OCC(=O)N[C@H]2CCC[C@@H](C)[C@H]2C)cc1F. The summed E-state index contributed by atoms with van der Waals surface area (Å²) in [5, 5.41) is 2.93. The smallest absolute Gasteiger partial charge is 0.338 e. The molecule has 5 nitrogen and oxygen atoms in total. The summed E-state index contributed by atoms with van der Waals surface area (Å²) in [7, 11) is 1.34. The van der Waals surface area contributed by atoms with Gasteiger partial charge in [0.05, 0.1) is 12.7 Å². The first-order valence-electron chi connectivity index (χ1n) is 8.22. The average molecular weight is 337 g/mol. The molecule has 1 fully saturated rings.